The van der Waals surface area contributed by atoms with Crippen molar-refractivity contribution in [2.45, 2.75) is 38.6 Å². The second kappa shape index (κ2) is 10.1. The van der Waals surface area contributed by atoms with E-state index in [2.05, 4.69) is 59.0 Å². The minimum Gasteiger partial charge on any atom is -0.377 e. The Hall–Kier alpha value is -1.81. The van der Waals surface area contributed by atoms with Gasteiger partial charge in [0, 0.05) is 19.6 Å². The molecule has 1 atom stereocenters. The summed E-state index contributed by atoms with van der Waals surface area (Å²) in [6.07, 6.45) is 6.49. The molecule has 126 valence electrons. The van der Waals surface area contributed by atoms with Gasteiger partial charge in [0.05, 0.1) is 13.2 Å². The summed E-state index contributed by atoms with van der Waals surface area (Å²) in [5.74, 6) is 0.887. The highest BCUT2D eigenvalue weighted by molar-refractivity contribution is 5.79. The van der Waals surface area contributed by atoms with E-state index in [4.69, 9.17) is 4.74 Å². The number of benzene rings is 1. The lowest BCUT2D eigenvalue weighted by molar-refractivity contribution is 0.153. The van der Waals surface area contributed by atoms with Crippen molar-refractivity contribution in [3.8, 4) is 0 Å². The van der Waals surface area contributed by atoms with Gasteiger partial charge in [-0.3, -0.25) is 4.99 Å². The summed E-state index contributed by atoms with van der Waals surface area (Å²) in [7, 11) is 1.83. The number of aliphatic imine (C=N–C) groups is 1. The molecule has 0 amide bonds. The van der Waals surface area contributed by atoms with Crippen LogP contribution in [0.2, 0.25) is 0 Å². The van der Waals surface area contributed by atoms with Gasteiger partial charge < -0.3 is 15.4 Å². The lowest BCUT2D eigenvalue weighted by Crippen LogP contribution is -2.42. The summed E-state index contributed by atoms with van der Waals surface area (Å²) in [4.78, 5) is 4.32. The van der Waals surface area contributed by atoms with Crippen LogP contribution in [0, 0.1) is 0 Å². The summed E-state index contributed by atoms with van der Waals surface area (Å²) in [5.41, 5.74) is 2.87. The van der Waals surface area contributed by atoms with Crippen molar-refractivity contribution in [1.82, 2.24) is 10.6 Å². The van der Waals surface area contributed by atoms with Gasteiger partial charge in [0.25, 0.3) is 0 Å². The largest absolute Gasteiger partial charge is 0.377 e. The van der Waals surface area contributed by atoms with Crippen molar-refractivity contribution in [3.05, 3.63) is 47.5 Å². The van der Waals surface area contributed by atoms with E-state index in [0.717, 1.165) is 51.4 Å². The van der Waals surface area contributed by atoms with Crippen LogP contribution in [0.3, 0.4) is 0 Å². The smallest absolute Gasteiger partial charge is 0.191 e. The fourth-order valence-electron chi connectivity index (χ4n) is 2.66. The van der Waals surface area contributed by atoms with Gasteiger partial charge in [-0.15, -0.1) is 0 Å². The van der Waals surface area contributed by atoms with E-state index < -0.39 is 0 Å². The van der Waals surface area contributed by atoms with Gasteiger partial charge in [0.1, 0.15) is 0 Å². The van der Waals surface area contributed by atoms with Crippen LogP contribution in [-0.2, 0) is 11.2 Å². The van der Waals surface area contributed by atoms with Crippen molar-refractivity contribution < 1.29 is 4.74 Å². The number of hydrogen-bond donors (Lipinski definition) is 2. The van der Waals surface area contributed by atoms with Crippen molar-refractivity contribution >= 4 is 5.96 Å². The van der Waals surface area contributed by atoms with Crippen LogP contribution < -0.4 is 10.6 Å². The molecule has 4 nitrogen and oxygen atoms in total. The molecule has 1 aromatic carbocycles. The molecule has 0 spiro atoms. The Bertz CT molecular complexity index is 511. The second-order valence-corrected chi connectivity index (χ2v) is 6.01. The van der Waals surface area contributed by atoms with Crippen LogP contribution >= 0.6 is 0 Å². The Morgan fingerprint density at radius 3 is 2.78 bits per heavy atom. The van der Waals surface area contributed by atoms with Crippen LogP contribution in [0.25, 0.3) is 0 Å². The van der Waals surface area contributed by atoms with Crippen LogP contribution in [0.5, 0.6) is 0 Å². The summed E-state index contributed by atoms with van der Waals surface area (Å²) in [6.45, 7) is 4.74. The highest BCUT2D eigenvalue weighted by Gasteiger charge is 2.07. The third-order valence-corrected chi connectivity index (χ3v) is 4.11. The van der Waals surface area contributed by atoms with E-state index in [-0.39, 0.29) is 0 Å². The first kappa shape index (κ1) is 17.5. The van der Waals surface area contributed by atoms with Gasteiger partial charge in [-0.1, -0.05) is 42.0 Å². The quantitative estimate of drug-likeness (QED) is 0.462. The van der Waals surface area contributed by atoms with Crippen molar-refractivity contribution in [3.63, 3.8) is 0 Å². The standard InChI is InChI=1S/C19H29N3O/c1-16(8-9-17-6-4-3-5-7-17)22-19(20-2)21-13-10-18-11-14-23-15-12-18/h3-7,11,16H,8-10,12-15H2,1-2H3,(H2,20,21,22). The van der Waals surface area contributed by atoms with Crippen LogP contribution in [0.15, 0.2) is 47.0 Å². The van der Waals surface area contributed by atoms with Gasteiger partial charge in [0.2, 0.25) is 0 Å². The zero-order valence-corrected chi connectivity index (χ0v) is 14.3. The summed E-state index contributed by atoms with van der Waals surface area (Å²) in [6, 6.07) is 11.0. The molecular formula is C19H29N3O. The molecule has 1 aliphatic heterocycles. The molecule has 0 bridgehead atoms. The van der Waals surface area contributed by atoms with E-state index in [0.29, 0.717) is 6.04 Å². The Balaban J connectivity index is 1.66. The molecule has 0 aliphatic carbocycles. The van der Waals surface area contributed by atoms with Crippen molar-refractivity contribution in [2.24, 2.45) is 4.99 Å². The van der Waals surface area contributed by atoms with Crippen LogP contribution in [0.1, 0.15) is 31.7 Å². The SMILES string of the molecule is CN=C(NCCC1=CCOCC1)NC(C)CCc1ccccc1. The zero-order valence-electron chi connectivity index (χ0n) is 14.3. The summed E-state index contributed by atoms with van der Waals surface area (Å²) in [5, 5.41) is 6.87. The predicted octanol–water partition coefficient (Wildman–Crippen LogP) is 2.91. The Morgan fingerprint density at radius 2 is 2.09 bits per heavy atom. The Morgan fingerprint density at radius 1 is 1.26 bits per heavy atom. The number of ether oxygens (including phenoxy) is 1. The predicted molar refractivity (Wildman–Crippen MR) is 96.9 cm³/mol. The zero-order chi connectivity index (χ0) is 16.3. The first-order valence-corrected chi connectivity index (χ1v) is 8.54. The molecule has 2 rings (SSSR count). The topological polar surface area (TPSA) is 45.7 Å². The van der Waals surface area contributed by atoms with Crippen LogP contribution in [0.4, 0.5) is 0 Å². The van der Waals surface area contributed by atoms with E-state index >= 15 is 0 Å². The van der Waals surface area contributed by atoms with Crippen molar-refractivity contribution in [2.75, 3.05) is 26.8 Å². The van der Waals surface area contributed by atoms with Crippen LogP contribution in [-0.4, -0.2) is 38.8 Å². The lowest BCUT2D eigenvalue weighted by atomic mass is 10.1. The molecule has 2 N–H and O–H groups in total. The second-order valence-electron chi connectivity index (χ2n) is 6.01. The molecule has 1 unspecified atom stereocenters. The molecule has 1 heterocycles. The first-order valence-electron chi connectivity index (χ1n) is 8.54. The molecule has 0 radical (unpaired) electrons. The summed E-state index contributed by atoms with van der Waals surface area (Å²) >= 11 is 0. The number of guanidine groups is 1. The molecular weight excluding hydrogens is 286 g/mol. The van der Waals surface area contributed by atoms with Crippen molar-refractivity contribution in [1.29, 1.82) is 0 Å². The molecule has 1 aliphatic rings. The lowest BCUT2D eigenvalue weighted by Gasteiger charge is -2.19. The van der Waals surface area contributed by atoms with E-state index in [1.807, 2.05) is 7.05 Å². The highest BCUT2D eigenvalue weighted by Crippen LogP contribution is 2.10. The normalized spacial score (nSPS) is 16.6. The third-order valence-electron chi connectivity index (χ3n) is 4.11. The number of nitrogens with one attached hydrogen (secondary N) is 2. The molecule has 0 aromatic heterocycles. The summed E-state index contributed by atoms with van der Waals surface area (Å²) < 4.78 is 5.33. The maximum Gasteiger partial charge on any atom is 0.191 e. The number of rotatable bonds is 7. The minimum absolute atomic E-state index is 0.392. The van der Waals surface area contributed by atoms with Gasteiger partial charge in [-0.05, 0) is 38.2 Å². The monoisotopic (exact) mass is 315 g/mol. The molecule has 1 aromatic rings. The maximum absolute atomic E-state index is 5.33. The number of nitrogens with zero attached hydrogens (tertiary/aromatic N) is 1. The maximum atomic E-state index is 5.33. The number of hydrogen-bond acceptors (Lipinski definition) is 2. The molecule has 0 saturated carbocycles. The first-order chi connectivity index (χ1) is 11.3. The third kappa shape index (κ3) is 6.87. The van der Waals surface area contributed by atoms with E-state index in [1.54, 1.807) is 0 Å². The minimum atomic E-state index is 0.392. The van der Waals surface area contributed by atoms with E-state index in [1.165, 1.54) is 11.1 Å². The highest BCUT2D eigenvalue weighted by atomic mass is 16.5. The molecule has 23 heavy (non-hydrogen) atoms. The molecule has 0 fully saturated rings. The molecule has 4 heteroatoms. The van der Waals surface area contributed by atoms with Gasteiger partial charge in [-0.2, -0.15) is 0 Å². The number of aryl methyl sites for hydroxylation is 1. The molecule has 0 saturated heterocycles. The average Bonchev–Trinajstić information content (AvgIpc) is 2.61. The average molecular weight is 315 g/mol. The fourth-order valence-corrected chi connectivity index (χ4v) is 2.66. The van der Waals surface area contributed by atoms with E-state index in [9.17, 15) is 0 Å². The Kier molecular flexibility index (Phi) is 7.67. The van der Waals surface area contributed by atoms with Gasteiger partial charge >= 0.3 is 0 Å². The fraction of sp³-hybridized carbons (Fsp3) is 0.526. The van der Waals surface area contributed by atoms with Gasteiger partial charge in [0.15, 0.2) is 5.96 Å². The van der Waals surface area contributed by atoms with Gasteiger partial charge in [-0.25, -0.2) is 0 Å². The Labute approximate surface area is 140 Å².